The molecule has 6 nitrogen and oxygen atoms in total. The first kappa shape index (κ1) is 18.5. The van der Waals surface area contributed by atoms with Crippen LogP contribution in [0.2, 0.25) is 0 Å². The monoisotopic (exact) mass is 343 g/mol. The van der Waals surface area contributed by atoms with E-state index in [1.165, 1.54) is 12.4 Å². The molecule has 0 fully saturated rings. The zero-order valence-corrected chi connectivity index (χ0v) is 14.4. The smallest absolute Gasteiger partial charge is 0.542 e. The number of hydrogen-bond acceptors (Lipinski definition) is 7. The topological polar surface area (TPSA) is 88.0 Å². The van der Waals surface area contributed by atoms with Crippen LogP contribution >= 0.6 is 11.3 Å². The fourth-order valence-corrected chi connectivity index (χ4v) is 1.88. The molecule has 2 aromatic heterocycles. The van der Waals surface area contributed by atoms with Gasteiger partial charge in [0, 0.05) is 6.20 Å². The number of aromatic carboxylic acids is 1. The van der Waals surface area contributed by atoms with Crippen molar-refractivity contribution >= 4 is 17.3 Å². The molecule has 1 unspecified atom stereocenters. The molecule has 0 saturated heterocycles. The molecule has 0 spiro atoms. The Labute approximate surface area is 162 Å². The number of rotatable bonds is 5. The molecule has 0 aromatic carbocycles. The van der Waals surface area contributed by atoms with Crippen LogP contribution < -0.4 is 61.2 Å². The number of nitrogens with zero attached hydrogens (tertiary/aromatic N) is 3. The standard InChI is InChI=1S/C10H6F3N3O3S.K/c11-7(12)8(13)19-6-3-14-1-4(16-6)5-2-15-9(20-5)10(17)18;/h1-3,7-8H,(H,17,18);/q;+1/p-1. The summed E-state index contributed by atoms with van der Waals surface area (Å²) in [5.41, 5.74) is 0.119. The predicted octanol–water partition coefficient (Wildman–Crippen LogP) is -2.09. The quantitative estimate of drug-likeness (QED) is 0.579. The molecule has 11 heteroatoms. The average Bonchev–Trinajstić information content (AvgIpc) is 2.88. The summed E-state index contributed by atoms with van der Waals surface area (Å²) in [6.07, 6.45) is -2.74. The largest absolute Gasteiger partial charge is 1.00 e. The average molecular weight is 343 g/mol. The summed E-state index contributed by atoms with van der Waals surface area (Å²) in [5.74, 6) is -1.90. The van der Waals surface area contributed by atoms with Crippen molar-refractivity contribution in [1.82, 2.24) is 15.0 Å². The van der Waals surface area contributed by atoms with Crippen molar-refractivity contribution in [3.63, 3.8) is 0 Å². The summed E-state index contributed by atoms with van der Waals surface area (Å²) in [7, 11) is 0. The van der Waals surface area contributed by atoms with Crippen LogP contribution in [-0.2, 0) is 0 Å². The number of hydrogen-bond donors (Lipinski definition) is 0. The van der Waals surface area contributed by atoms with Gasteiger partial charge in [-0.05, 0) is 0 Å². The molecular formula is C10H5F3KN3O3S. The molecule has 2 aromatic rings. The van der Waals surface area contributed by atoms with Crippen molar-refractivity contribution in [1.29, 1.82) is 0 Å². The summed E-state index contributed by atoms with van der Waals surface area (Å²) in [6, 6.07) is 0. The molecule has 0 bridgehead atoms. The number of thiazole rings is 1. The SMILES string of the molecule is O=C([O-])c1ncc(-c2cncc(OC(F)C(F)F)n2)s1.[K+]. The Morgan fingerprint density at radius 3 is 2.57 bits per heavy atom. The molecule has 0 radical (unpaired) electrons. The first-order chi connectivity index (χ1) is 9.47. The number of alkyl halides is 3. The molecule has 21 heavy (non-hydrogen) atoms. The molecule has 0 aliphatic carbocycles. The molecule has 106 valence electrons. The normalized spacial score (nSPS) is 11.8. The first-order valence-corrected chi connectivity index (χ1v) is 5.87. The van der Waals surface area contributed by atoms with E-state index in [0.717, 1.165) is 17.5 Å². The molecule has 0 aliphatic rings. The van der Waals surface area contributed by atoms with Crippen molar-refractivity contribution < 1.29 is 79.2 Å². The second-order valence-corrected chi connectivity index (χ2v) is 4.39. The minimum absolute atomic E-state index is 0. The third kappa shape index (κ3) is 4.97. The molecule has 2 rings (SSSR count). The van der Waals surface area contributed by atoms with E-state index in [9.17, 15) is 23.1 Å². The number of carboxylic acid groups (broad SMARTS) is 1. The molecule has 2 heterocycles. The van der Waals surface area contributed by atoms with Crippen LogP contribution in [0.15, 0.2) is 18.6 Å². The van der Waals surface area contributed by atoms with E-state index in [4.69, 9.17) is 0 Å². The van der Waals surface area contributed by atoms with Crippen LogP contribution in [0, 0.1) is 0 Å². The molecule has 0 saturated carbocycles. The van der Waals surface area contributed by atoms with Crippen molar-refractivity contribution in [2.75, 3.05) is 0 Å². The van der Waals surface area contributed by atoms with Gasteiger partial charge in [-0.25, -0.2) is 18.7 Å². The van der Waals surface area contributed by atoms with Crippen molar-refractivity contribution in [3.05, 3.63) is 23.6 Å². The Morgan fingerprint density at radius 2 is 2.00 bits per heavy atom. The van der Waals surface area contributed by atoms with Gasteiger partial charge in [0.25, 0.3) is 6.36 Å². The summed E-state index contributed by atoms with van der Waals surface area (Å²) in [6.45, 7) is 0. The van der Waals surface area contributed by atoms with E-state index in [1.54, 1.807) is 0 Å². The van der Waals surface area contributed by atoms with Gasteiger partial charge >= 0.3 is 57.8 Å². The second kappa shape index (κ2) is 8.15. The molecule has 0 aliphatic heterocycles. The Morgan fingerprint density at radius 1 is 1.29 bits per heavy atom. The van der Waals surface area contributed by atoms with Gasteiger partial charge in [0.1, 0.15) is 16.7 Å². The first-order valence-electron chi connectivity index (χ1n) is 5.06. The summed E-state index contributed by atoms with van der Waals surface area (Å²) in [4.78, 5) is 21.8. The molecule has 1 atom stereocenters. The van der Waals surface area contributed by atoms with Gasteiger partial charge in [-0.3, -0.25) is 4.98 Å². The van der Waals surface area contributed by atoms with E-state index < -0.39 is 24.6 Å². The van der Waals surface area contributed by atoms with E-state index in [2.05, 4.69) is 19.7 Å². The van der Waals surface area contributed by atoms with Crippen molar-refractivity contribution in [3.8, 4) is 16.5 Å². The maximum atomic E-state index is 12.7. The maximum Gasteiger partial charge on any atom is 1.00 e. The van der Waals surface area contributed by atoms with Gasteiger partial charge in [-0.2, -0.15) is 4.39 Å². The summed E-state index contributed by atoms with van der Waals surface area (Å²) < 4.78 is 41.0. The number of carbonyl (C=O) groups excluding carboxylic acids is 1. The van der Waals surface area contributed by atoms with Crippen LogP contribution in [0.25, 0.3) is 10.6 Å². The number of carboxylic acids is 1. The zero-order valence-electron chi connectivity index (χ0n) is 10.5. The van der Waals surface area contributed by atoms with Crippen LogP contribution in [0.3, 0.4) is 0 Å². The van der Waals surface area contributed by atoms with E-state index in [1.807, 2.05) is 0 Å². The van der Waals surface area contributed by atoms with E-state index in [0.29, 0.717) is 4.88 Å². The number of aromatic nitrogens is 3. The van der Waals surface area contributed by atoms with Crippen molar-refractivity contribution in [2.24, 2.45) is 0 Å². The zero-order chi connectivity index (χ0) is 14.7. The van der Waals surface area contributed by atoms with Gasteiger partial charge in [-0.1, -0.05) is 0 Å². The van der Waals surface area contributed by atoms with Crippen molar-refractivity contribution in [2.45, 2.75) is 12.8 Å². The van der Waals surface area contributed by atoms with Gasteiger partial charge in [0.05, 0.1) is 17.3 Å². The third-order valence-corrected chi connectivity index (χ3v) is 2.98. The van der Waals surface area contributed by atoms with E-state index in [-0.39, 0.29) is 62.1 Å². The third-order valence-electron chi connectivity index (χ3n) is 1.98. The van der Waals surface area contributed by atoms with Crippen LogP contribution in [0.5, 0.6) is 5.88 Å². The summed E-state index contributed by atoms with van der Waals surface area (Å²) in [5, 5.41) is 10.3. The molecule has 0 amide bonds. The fourth-order valence-electron chi connectivity index (χ4n) is 1.18. The second-order valence-electron chi connectivity index (χ2n) is 3.36. The predicted molar refractivity (Wildman–Crippen MR) is 59.0 cm³/mol. The minimum atomic E-state index is -3.31. The minimum Gasteiger partial charge on any atom is -0.542 e. The number of halogens is 3. The van der Waals surface area contributed by atoms with Gasteiger partial charge in [0.15, 0.2) is 0 Å². The molecule has 0 N–H and O–H groups in total. The van der Waals surface area contributed by atoms with Crippen LogP contribution in [0.4, 0.5) is 13.2 Å². The Balaban J connectivity index is 0.00000220. The van der Waals surface area contributed by atoms with Crippen LogP contribution in [0.1, 0.15) is 9.80 Å². The van der Waals surface area contributed by atoms with Gasteiger partial charge in [0.2, 0.25) is 5.88 Å². The Hall–Kier alpha value is -0.594. The van der Waals surface area contributed by atoms with Gasteiger partial charge in [-0.15, -0.1) is 11.3 Å². The number of carbonyl (C=O) groups is 1. The maximum absolute atomic E-state index is 12.7. The fraction of sp³-hybridized carbons (Fsp3) is 0.200. The van der Waals surface area contributed by atoms with E-state index >= 15 is 0 Å². The Kier molecular flexibility index (Phi) is 7.16. The molecular weight excluding hydrogens is 338 g/mol. The Bertz CT molecular complexity index is 628. The van der Waals surface area contributed by atoms with Gasteiger partial charge < -0.3 is 14.6 Å². The number of ether oxygens (including phenoxy) is 1. The summed E-state index contributed by atoms with van der Waals surface area (Å²) >= 11 is 0.755. The van der Waals surface area contributed by atoms with Crippen LogP contribution in [-0.4, -0.2) is 33.7 Å².